The molecule has 222 valence electrons. The highest BCUT2D eigenvalue weighted by Gasteiger charge is 2.25. The molecule has 1 aliphatic heterocycles. The minimum atomic E-state index is -0.886. The van der Waals surface area contributed by atoms with Gasteiger partial charge in [0.1, 0.15) is 17.5 Å². The maximum Gasteiger partial charge on any atom is 0.255 e. The minimum absolute atomic E-state index is 0.0977. The number of fused-ring (bicyclic) bond motifs is 5. The number of hydrogen-bond donors (Lipinski definition) is 2. The topological polar surface area (TPSA) is 136 Å². The second-order valence-corrected chi connectivity index (χ2v) is 10.1. The number of hydrogen-bond acceptors (Lipinski definition) is 8. The zero-order chi connectivity index (χ0) is 30.2. The monoisotopic (exact) mass is 583 g/mol. The first-order valence-electron chi connectivity index (χ1n) is 14.0. The predicted molar refractivity (Wildman–Crippen MR) is 157 cm³/mol. The first kappa shape index (κ1) is 29.3. The molecule has 0 unspecified atom stereocenters. The van der Waals surface area contributed by atoms with Crippen molar-refractivity contribution in [1.29, 1.82) is 0 Å². The smallest absolute Gasteiger partial charge is 0.255 e. The molecule has 4 bridgehead atoms. The van der Waals surface area contributed by atoms with Gasteiger partial charge in [0.15, 0.2) is 11.5 Å². The van der Waals surface area contributed by atoms with Crippen LogP contribution in [0.4, 0.5) is 0 Å². The third-order valence-electron chi connectivity index (χ3n) is 7.03. The number of aryl methyl sites for hydroxylation is 1. The van der Waals surface area contributed by atoms with Crippen LogP contribution >= 0.6 is 0 Å². The van der Waals surface area contributed by atoms with Crippen LogP contribution in [0.5, 0.6) is 11.5 Å². The van der Waals surface area contributed by atoms with Crippen molar-refractivity contribution in [2.24, 2.45) is 0 Å². The van der Waals surface area contributed by atoms with Crippen LogP contribution < -0.4 is 20.1 Å². The third kappa shape index (κ3) is 7.37. The van der Waals surface area contributed by atoms with E-state index in [-0.39, 0.29) is 44.5 Å². The lowest BCUT2D eigenvalue weighted by molar-refractivity contribution is -0.129. The van der Waals surface area contributed by atoms with E-state index < -0.39 is 11.9 Å². The molecule has 1 atom stereocenters. The number of oxazole rings is 1. The number of methoxy groups -OCH3 is 1. The summed E-state index contributed by atoms with van der Waals surface area (Å²) in [5, 5.41) is 5.73. The van der Waals surface area contributed by atoms with Crippen LogP contribution in [0.25, 0.3) is 11.5 Å². The molecule has 0 spiro atoms. The Morgan fingerprint density at radius 3 is 2.72 bits per heavy atom. The quantitative estimate of drug-likeness (QED) is 0.374. The minimum Gasteiger partial charge on any atom is -0.493 e. The Hall–Kier alpha value is -5.19. The molecule has 43 heavy (non-hydrogen) atoms. The normalized spacial score (nSPS) is 16.2. The number of ether oxygens (including phenoxy) is 2. The van der Waals surface area contributed by atoms with Crippen molar-refractivity contribution in [2.45, 2.75) is 32.4 Å². The molecular weight excluding hydrogens is 550 g/mol. The van der Waals surface area contributed by atoms with E-state index in [1.54, 1.807) is 44.5 Å². The van der Waals surface area contributed by atoms with Crippen LogP contribution in [0.15, 0.2) is 77.5 Å². The molecule has 0 saturated carbocycles. The van der Waals surface area contributed by atoms with E-state index in [1.807, 2.05) is 36.4 Å². The summed E-state index contributed by atoms with van der Waals surface area (Å²) in [6, 6.07) is 17.2. The number of nitrogens with zero attached hydrogens (tertiary/aromatic N) is 3. The summed E-state index contributed by atoms with van der Waals surface area (Å²) in [5.74, 6) is 0.740. The molecule has 0 radical (unpaired) electrons. The summed E-state index contributed by atoms with van der Waals surface area (Å²) < 4.78 is 17.4. The molecule has 11 nitrogen and oxygen atoms in total. The maximum absolute atomic E-state index is 13.4. The van der Waals surface area contributed by atoms with Gasteiger partial charge in [-0.15, -0.1) is 0 Å². The molecule has 2 aromatic carbocycles. The molecule has 2 N–H and O–H groups in total. The van der Waals surface area contributed by atoms with Crippen LogP contribution in [-0.4, -0.2) is 65.4 Å². The van der Waals surface area contributed by atoms with Gasteiger partial charge < -0.3 is 29.4 Å². The Bertz CT molecular complexity index is 1570. The van der Waals surface area contributed by atoms with Crippen molar-refractivity contribution in [2.75, 3.05) is 26.8 Å². The average molecular weight is 584 g/mol. The standard InChI is InChI=1S/C32H33N5O6/c1-21-26-19-34-30(39)25(16-22-8-4-3-5-9-22)35-29(38)20-37(32(40)24-10-6-13-33-18-24)14-7-15-42-28-17-23(31(36-26)43-21)11-12-27(28)41-2/h3-6,8-13,17-18,25H,7,14-16,19-20H2,1-2H3,(H,34,39)(H,35,38)/t25-/m1/s1. The van der Waals surface area contributed by atoms with Gasteiger partial charge in [0.2, 0.25) is 17.7 Å². The first-order valence-corrected chi connectivity index (χ1v) is 14.0. The summed E-state index contributed by atoms with van der Waals surface area (Å²) in [4.78, 5) is 50.3. The Morgan fingerprint density at radius 1 is 1.12 bits per heavy atom. The predicted octanol–water partition coefficient (Wildman–Crippen LogP) is 3.32. The van der Waals surface area contributed by atoms with Gasteiger partial charge in [0.05, 0.1) is 32.4 Å². The lowest BCUT2D eigenvalue weighted by Gasteiger charge is -2.24. The van der Waals surface area contributed by atoms with E-state index in [0.29, 0.717) is 46.4 Å². The lowest BCUT2D eigenvalue weighted by atomic mass is 10.0. The summed E-state index contributed by atoms with van der Waals surface area (Å²) in [6.07, 6.45) is 3.72. The van der Waals surface area contributed by atoms with Gasteiger partial charge in [-0.3, -0.25) is 19.4 Å². The van der Waals surface area contributed by atoms with Gasteiger partial charge in [0.25, 0.3) is 5.91 Å². The number of benzene rings is 2. The van der Waals surface area contributed by atoms with Gasteiger partial charge in [-0.05, 0) is 49.2 Å². The fourth-order valence-corrected chi connectivity index (χ4v) is 4.77. The fraction of sp³-hybridized carbons (Fsp3) is 0.281. The summed E-state index contributed by atoms with van der Waals surface area (Å²) in [6.45, 7) is 2.09. The van der Waals surface area contributed by atoms with E-state index >= 15 is 0 Å². The van der Waals surface area contributed by atoms with Gasteiger partial charge >= 0.3 is 0 Å². The third-order valence-corrected chi connectivity index (χ3v) is 7.03. The van der Waals surface area contributed by atoms with E-state index in [4.69, 9.17) is 13.9 Å². The highest BCUT2D eigenvalue weighted by atomic mass is 16.5. The number of pyridine rings is 1. The Balaban J connectivity index is 1.45. The zero-order valence-corrected chi connectivity index (χ0v) is 24.0. The van der Waals surface area contributed by atoms with Crippen LogP contribution in [-0.2, 0) is 22.6 Å². The molecular formula is C32H33N5O6. The lowest BCUT2D eigenvalue weighted by Crippen LogP contribution is -2.51. The molecule has 3 amide bonds. The zero-order valence-electron chi connectivity index (χ0n) is 24.0. The number of rotatable bonds is 4. The molecule has 0 aliphatic carbocycles. The molecule has 5 rings (SSSR count). The molecule has 11 heteroatoms. The van der Waals surface area contributed by atoms with Gasteiger partial charge in [-0.2, -0.15) is 0 Å². The Morgan fingerprint density at radius 2 is 1.95 bits per heavy atom. The van der Waals surface area contributed by atoms with Crippen molar-refractivity contribution in [3.63, 3.8) is 0 Å². The Kier molecular flexibility index (Phi) is 9.30. The fourth-order valence-electron chi connectivity index (χ4n) is 4.77. The van der Waals surface area contributed by atoms with Gasteiger partial charge in [0, 0.05) is 30.9 Å². The molecule has 0 fully saturated rings. The second-order valence-electron chi connectivity index (χ2n) is 10.1. The summed E-state index contributed by atoms with van der Waals surface area (Å²) in [7, 11) is 1.55. The second kappa shape index (κ2) is 13.6. The van der Waals surface area contributed by atoms with Crippen molar-refractivity contribution >= 4 is 17.7 Å². The van der Waals surface area contributed by atoms with Crippen molar-refractivity contribution in [3.05, 3.63) is 95.6 Å². The summed E-state index contributed by atoms with van der Waals surface area (Å²) >= 11 is 0. The van der Waals surface area contributed by atoms with Crippen LogP contribution in [0.2, 0.25) is 0 Å². The van der Waals surface area contributed by atoms with E-state index in [2.05, 4.69) is 20.6 Å². The first-order chi connectivity index (χ1) is 20.9. The van der Waals surface area contributed by atoms with Crippen LogP contribution in [0, 0.1) is 6.92 Å². The van der Waals surface area contributed by atoms with Gasteiger partial charge in [-0.1, -0.05) is 30.3 Å². The highest BCUT2D eigenvalue weighted by molar-refractivity contribution is 5.97. The van der Waals surface area contributed by atoms with Crippen LogP contribution in [0.3, 0.4) is 0 Å². The number of amides is 3. The van der Waals surface area contributed by atoms with Crippen LogP contribution in [0.1, 0.15) is 33.8 Å². The van der Waals surface area contributed by atoms with E-state index in [9.17, 15) is 14.4 Å². The Labute approximate surface area is 249 Å². The van der Waals surface area contributed by atoms with Crippen molar-refractivity contribution in [3.8, 4) is 23.0 Å². The number of nitrogens with one attached hydrogen (secondary N) is 2. The molecule has 3 heterocycles. The number of aromatic nitrogens is 2. The molecule has 0 saturated heterocycles. The molecule has 1 aliphatic rings. The number of carbonyl (C=O) groups excluding carboxylic acids is 3. The maximum atomic E-state index is 13.4. The van der Waals surface area contributed by atoms with E-state index in [1.165, 1.54) is 11.1 Å². The molecule has 2 aromatic heterocycles. The van der Waals surface area contributed by atoms with Crippen molar-refractivity contribution < 1.29 is 28.3 Å². The van der Waals surface area contributed by atoms with Crippen molar-refractivity contribution in [1.82, 2.24) is 25.5 Å². The molecule has 4 aromatic rings. The SMILES string of the molecule is COc1ccc2cc1OCCCN(C(=O)c1cccnc1)CC(=O)N[C@H](Cc1ccccc1)C(=O)NCc1nc-2oc1C. The summed E-state index contributed by atoms with van der Waals surface area (Å²) in [5.41, 5.74) is 2.47. The average Bonchev–Trinajstić information content (AvgIpc) is 3.41. The van der Waals surface area contributed by atoms with Gasteiger partial charge in [-0.25, -0.2) is 4.98 Å². The van der Waals surface area contributed by atoms with E-state index in [0.717, 1.165) is 5.56 Å². The highest BCUT2D eigenvalue weighted by Crippen LogP contribution is 2.33. The largest absolute Gasteiger partial charge is 0.493 e. The number of carbonyl (C=O) groups is 3.